The molecular formula is C19H27N3O3. The van der Waals surface area contributed by atoms with Crippen molar-refractivity contribution in [2.45, 2.75) is 38.3 Å². The molecule has 1 saturated carbocycles. The first-order valence-corrected chi connectivity index (χ1v) is 9.19. The van der Waals surface area contributed by atoms with Gasteiger partial charge in [0.15, 0.2) is 0 Å². The van der Waals surface area contributed by atoms with E-state index in [0.29, 0.717) is 32.8 Å². The number of hydrogen-bond acceptors (Lipinski definition) is 3. The molecule has 1 heterocycles. The summed E-state index contributed by atoms with van der Waals surface area (Å²) < 4.78 is 5.52. The molecule has 0 unspecified atom stereocenters. The molecule has 2 N–H and O–H groups in total. The maximum absolute atomic E-state index is 12.8. The highest BCUT2D eigenvalue weighted by Gasteiger charge is 2.38. The predicted octanol–water partition coefficient (Wildman–Crippen LogP) is 1.90. The zero-order chi connectivity index (χ0) is 17.5. The molecule has 0 bridgehead atoms. The van der Waals surface area contributed by atoms with Gasteiger partial charge in [-0.3, -0.25) is 4.79 Å². The van der Waals surface area contributed by atoms with E-state index in [1.54, 1.807) is 0 Å². The molecule has 3 rings (SSSR count). The number of nitrogens with one attached hydrogen (secondary N) is 2. The fourth-order valence-corrected chi connectivity index (χ4v) is 3.73. The maximum Gasteiger partial charge on any atom is 0.317 e. The second-order valence-electron chi connectivity index (χ2n) is 6.70. The van der Waals surface area contributed by atoms with Crippen molar-refractivity contribution in [3.8, 4) is 0 Å². The molecule has 3 amide bonds. The van der Waals surface area contributed by atoms with Gasteiger partial charge in [-0.2, -0.15) is 0 Å². The Morgan fingerprint density at radius 3 is 2.88 bits per heavy atom. The number of nitrogens with zero attached hydrogens (tertiary/aromatic N) is 1. The molecule has 136 valence electrons. The van der Waals surface area contributed by atoms with Gasteiger partial charge in [0.05, 0.1) is 12.5 Å². The average molecular weight is 345 g/mol. The SMILES string of the molecule is O=C1NCCOCCCN(C(=O)NCc2ccccc2)[C@H]2CCC[C@@H]12. The Kier molecular flexibility index (Phi) is 6.28. The monoisotopic (exact) mass is 345 g/mol. The van der Waals surface area contributed by atoms with Crippen molar-refractivity contribution < 1.29 is 14.3 Å². The van der Waals surface area contributed by atoms with E-state index in [2.05, 4.69) is 10.6 Å². The van der Waals surface area contributed by atoms with Gasteiger partial charge in [-0.25, -0.2) is 4.79 Å². The number of amides is 3. The minimum Gasteiger partial charge on any atom is -0.380 e. The quantitative estimate of drug-likeness (QED) is 0.860. The number of benzene rings is 1. The zero-order valence-corrected chi connectivity index (χ0v) is 14.6. The molecular weight excluding hydrogens is 318 g/mol. The molecule has 0 aromatic heterocycles. The number of ether oxygens (including phenoxy) is 1. The van der Waals surface area contributed by atoms with Crippen molar-refractivity contribution >= 4 is 11.9 Å². The van der Waals surface area contributed by atoms with Gasteiger partial charge in [-0.1, -0.05) is 36.8 Å². The fourth-order valence-electron chi connectivity index (χ4n) is 3.73. The molecule has 2 fully saturated rings. The molecule has 6 heteroatoms. The molecule has 2 aliphatic rings. The van der Waals surface area contributed by atoms with E-state index >= 15 is 0 Å². The largest absolute Gasteiger partial charge is 0.380 e. The van der Waals surface area contributed by atoms with Crippen LogP contribution in [-0.4, -0.2) is 49.2 Å². The summed E-state index contributed by atoms with van der Waals surface area (Å²) in [5.74, 6) is -0.0607. The number of carbonyl (C=O) groups excluding carboxylic acids is 2. The van der Waals surface area contributed by atoms with Gasteiger partial charge in [-0.05, 0) is 24.8 Å². The van der Waals surface area contributed by atoms with E-state index in [9.17, 15) is 9.59 Å². The van der Waals surface area contributed by atoms with Gasteiger partial charge in [-0.15, -0.1) is 0 Å². The summed E-state index contributed by atoms with van der Waals surface area (Å²) in [7, 11) is 0. The lowest BCUT2D eigenvalue weighted by molar-refractivity contribution is -0.126. The minimum absolute atomic E-state index is 0.0196. The van der Waals surface area contributed by atoms with E-state index in [1.165, 1.54) is 0 Å². The van der Waals surface area contributed by atoms with Crippen molar-refractivity contribution in [1.82, 2.24) is 15.5 Å². The topological polar surface area (TPSA) is 70.7 Å². The summed E-state index contributed by atoms with van der Waals surface area (Å²) in [6.45, 7) is 2.80. The Morgan fingerprint density at radius 1 is 1.20 bits per heavy atom. The Balaban J connectivity index is 1.68. The van der Waals surface area contributed by atoms with E-state index in [-0.39, 0.29) is 23.9 Å². The van der Waals surface area contributed by atoms with Crippen LogP contribution in [0.2, 0.25) is 0 Å². The van der Waals surface area contributed by atoms with Gasteiger partial charge in [0, 0.05) is 32.3 Å². The second-order valence-corrected chi connectivity index (χ2v) is 6.70. The fraction of sp³-hybridized carbons (Fsp3) is 0.579. The number of urea groups is 1. The highest BCUT2D eigenvalue weighted by molar-refractivity contribution is 5.81. The number of carbonyl (C=O) groups is 2. The standard InChI is InChI=1S/C19H27N3O3/c23-18-16-8-4-9-17(16)22(11-5-12-25-13-10-20-18)19(24)21-14-15-6-2-1-3-7-15/h1-3,6-7,16-17H,4-5,8-14H2,(H,20,23)(H,21,24)/t16-,17+/m1/s1. The zero-order valence-electron chi connectivity index (χ0n) is 14.6. The summed E-state index contributed by atoms with van der Waals surface area (Å²) >= 11 is 0. The van der Waals surface area contributed by atoms with Crippen molar-refractivity contribution in [2.75, 3.05) is 26.3 Å². The second kappa shape index (κ2) is 8.85. The first-order chi connectivity index (χ1) is 12.3. The average Bonchev–Trinajstić information content (AvgIpc) is 3.11. The molecule has 1 aromatic carbocycles. The van der Waals surface area contributed by atoms with Gasteiger partial charge in [0.25, 0.3) is 0 Å². The first kappa shape index (κ1) is 17.7. The van der Waals surface area contributed by atoms with Crippen molar-refractivity contribution in [3.05, 3.63) is 35.9 Å². The van der Waals surface area contributed by atoms with E-state index in [1.807, 2.05) is 35.2 Å². The van der Waals surface area contributed by atoms with Gasteiger partial charge in [0.2, 0.25) is 5.91 Å². The summed E-state index contributed by atoms with van der Waals surface area (Å²) in [4.78, 5) is 27.1. The van der Waals surface area contributed by atoms with E-state index < -0.39 is 0 Å². The summed E-state index contributed by atoms with van der Waals surface area (Å²) in [5.41, 5.74) is 1.07. The number of rotatable bonds is 2. The first-order valence-electron chi connectivity index (χ1n) is 9.19. The third-order valence-electron chi connectivity index (χ3n) is 5.00. The molecule has 25 heavy (non-hydrogen) atoms. The normalized spacial score (nSPS) is 24.8. The Hall–Kier alpha value is -2.08. The highest BCUT2D eigenvalue weighted by atomic mass is 16.5. The molecule has 1 saturated heterocycles. The molecule has 2 atom stereocenters. The minimum atomic E-state index is -0.111. The van der Waals surface area contributed by atoms with Crippen LogP contribution in [0.1, 0.15) is 31.2 Å². The van der Waals surface area contributed by atoms with Crippen LogP contribution in [0.15, 0.2) is 30.3 Å². The molecule has 0 spiro atoms. The highest BCUT2D eigenvalue weighted by Crippen LogP contribution is 2.30. The number of hydrogen-bond donors (Lipinski definition) is 2. The third-order valence-corrected chi connectivity index (χ3v) is 5.00. The van der Waals surface area contributed by atoms with Crippen LogP contribution in [0.4, 0.5) is 4.79 Å². The molecule has 6 nitrogen and oxygen atoms in total. The third kappa shape index (κ3) is 4.72. The van der Waals surface area contributed by atoms with Crippen LogP contribution >= 0.6 is 0 Å². The smallest absolute Gasteiger partial charge is 0.317 e. The van der Waals surface area contributed by atoms with Gasteiger partial charge in [0.1, 0.15) is 0 Å². The Labute approximate surface area is 148 Å². The summed E-state index contributed by atoms with van der Waals surface area (Å²) in [5, 5.41) is 5.96. The van der Waals surface area contributed by atoms with Crippen LogP contribution in [0.3, 0.4) is 0 Å². The lowest BCUT2D eigenvalue weighted by atomic mass is 10.0. The molecule has 0 radical (unpaired) electrons. The van der Waals surface area contributed by atoms with Crippen molar-refractivity contribution in [3.63, 3.8) is 0 Å². The van der Waals surface area contributed by atoms with Crippen molar-refractivity contribution in [1.29, 1.82) is 0 Å². The van der Waals surface area contributed by atoms with Crippen LogP contribution in [-0.2, 0) is 16.1 Å². The summed E-state index contributed by atoms with van der Waals surface area (Å²) in [6, 6.07) is 9.76. The van der Waals surface area contributed by atoms with Gasteiger partial charge >= 0.3 is 6.03 Å². The lowest BCUT2D eigenvalue weighted by Crippen LogP contribution is -2.50. The predicted molar refractivity (Wildman–Crippen MR) is 95.0 cm³/mol. The van der Waals surface area contributed by atoms with Gasteiger partial charge < -0.3 is 20.3 Å². The van der Waals surface area contributed by atoms with Crippen molar-refractivity contribution in [2.24, 2.45) is 5.92 Å². The number of fused-ring (bicyclic) bond motifs is 1. The van der Waals surface area contributed by atoms with Crippen LogP contribution in [0.5, 0.6) is 0 Å². The maximum atomic E-state index is 12.8. The van der Waals surface area contributed by atoms with E-state index in [4.69, 9.17) is 4.74 Å². The molecule has 1 aliphatic carbocycles. The summed E-state index contributed by atoms with van der Waals surface area (Å²) in [6.07, 6.45) is 3.51. The Morgan fingerprint density at radius 2 is 2.04 bits per heavy atom. The molecule has 1 aliphatic heterocycles. The Bertz CT molecular complexity index is 579. The van der Waals surface area contributed by atoms with Crippen LogP contribution < -0.4 is 10.6 Å². The van der Waals surface area contributed by atoms with Crippen LogP contribution in [0, 0.1) is 5.92 Å². The van der Waals surface area contributed by atoms with Crippen LogP contribution in [0.25, 0.3) is 0 Å². The molecule has 1 aromatic rings. The van der Waals surface area contributed by atoms with E-state index in [0.717, 1.165) is 31.2 Å². The lowest BCUT2D eigenvalue weighted by Gasteiger charge is -2.32.